The number of carbonyl (C=O) groups excluding carboxylic acids is 1. The number of aryl methyl sites for hydroxylation is 1. The van der Waals surface area contributed by atoms with Crippen LogP contribution in [0.5, 0.6) is 0 Å². The van der Waals surface area contributed by atoms with Crippen LogP contribution >= 0.6 is 11.6 Å². The number of pyridine rings is 1. The Balaban J connectivity index is 1.78. The molecule has 0 radical (unpaired) electrons. The zero-order chi connectivity index (χ0) is 20.5. The van der Waals surface area contributed by atoms with E-state index in [4.69, 9.17) is 11.6 Å². The highest BCUT2D eigenvalue weighted by Crippen LogP contribution is 2.31. The Labute approximate surface area is 166 Å². The lowest BCUT2D eigenvalue weighted by atomic mass is 10.1. The second-order valence-electron chi connectivity index (χ2n) is 6.80. The maximum absolute atomic E-state index is 12.9. The van der Waals surface area contributed by atoms with E-state index < -0.39 is 17.6 Å². The van der Waals surface area contributed by atoms with Gasteiger partial charge in [-0.2, -0.15) is 13.2 Å². The van der Waals surface area contributed by atoms with Gasteiger partial charge in [-0.25, -0.2) is 4.98 Å². The van der Waals surface area contributed by atoms with E-state index in [1.54, 1.807) is 6.07 Å². The summed E-state index contributed by atoms with van der Waals surface area (Å²) in [5.74, 6) is -0.737. The Bertz CT molecular complexity index is 880. The highest BCUT2D eigenvalue weighted by molar-refractivity contribution is 6.33. The highest BCUT2D eigenvalue weighted by atomic mass is 35.5. The Morgan fingerprint density at radius 1 is 1.18 bits per heavy atom. The van der Waals surface area contributed by atoms with Crippen LogP contribution < -0.4 is 10.2 Å². The summed E-state index contributed by atoms with van der Waals surface area (Å²) in [5.41, 5.74) is 1.02. The standard InChI is InChI=1S/C19H20ClF3N4O/c1-12-9-14(27-7-5-26(2)6-8-27)3-4-16(12)25-18(28)15-10-13(19(21,22)23)11-24-17(15)20/h3-4,9-11H,5-8H2,1-2H3,(H,25,28). The molecule has 5 nitrogen and oxygen atoms in total. The average Bonchev–Trinajstić information content (AvgIpc) is 2.63. The number of alkyl halides is 3. The minimum Gasteiger partial charge on any atom is -0.369 e. The summed E-state index contributed by atoms with van der Waals surface area (Å²) in [6.45, 7) is 5.60. The van der Waals surface area contributed by atoms with Crippen molar-refractivity contribution >= 4 is 28.9 Å². The van der Waals surface area contributed by atoms with Crippen molar-refractivity contribution in [2.45, 2.75) is 13.1 Å². The van der Waals surface area contributed by atoms with Gasteiger partial charge in [0.15, 0.2) is 0 Å². The molecule has 2 aromatic rings. The predicted octanol–water partition coefficient (Wildman–Crippen LogP) is 4.07. The molecule has 0 saturated carbocycles. The van der Waals surface area contributed by atoms with E-state index in [9.17, 15) is 18.0 Å². The number of anilines is 2. The number of piperazine rings is 1. The monoisotopic (exact) mass is 412 g/mol. The number of nitrogens with one attached hydrogen (secondary N) is 1. The molecule has 1 saturated heterocycles. The largest absolute Gasteiger partial charge is 0.417 e. The van der Waals surface area contributed by atoms with Gasteiger partial charge in [-0.05, 0) is 43.8 Å². The van der Waals surface area contributed by atoms with Crippen LogP contribution in [0.15, 0.2) is 30.5 Å². The minimum atomic E-state index is -4.60. The number of halogens is 4. The number of aromatic nitrogens is 1. The summed E-state index contributed by atoms with van der Waals surface area (Å²) in [5, 5.41) is 2.35. The Morgan fingerprint density at radius 3 is 2.46 bits per heavy atom. The molecule has 3 rings (SSSR count). The molecule has 2 heterocycles. The molecule has 9 heteroatoms. The lowest BCUT2D eigenvalue weighted by Gasteiger charge is -2.34. The molecule has 1 aliphatic rings. The molecule has 1 N–H and O–H groups in total. The molecule has 0 aliphatic carbocycles. The van der Waals surface area contributed by atoms with Crippen molar-refractivity contribution in [3.8, 4) is 0 Å². The molecular weight excluding hydrogens is 393 g/mol. The van der Waals surface area contributed by atoms with Gasteiger partial charge in [0.2, 0.25) is 0 Å². The molecular formula is C19H20ClF3N4O. The fourth-order valence-corrected chi connectivity index (χ4v) is 3.19. The predicted molar refractivity (Wildman–Crippen MR) is 103 cm³/mol. The first-order chi connectivity index (χ1) is 13.1. The number of carbonyl (C=O) groups is 1. The molecule has 150 valence electrons. The van der Waals surface area contributed by atoms with Crippen LogP contribution in [0, 0.1) is 6.92 Å². The molecule has 0 atom stereocenters. The zero-order valence-electron chi connectivity index (χ0n) is 15.5. The third-order valence-corrected chi connectivity index (χ3v) is 5.04. The van der Waals surface area contributed by atoms with Crippen LogP contribution in [0.25, 0.3) is 0 Å². The van der Waals surface area contributed by atoms with Crippen LogP contribution in [0.4, 0.5) is 24.5 Å². The van der Waals surface area contributed by atoms with Gasteiger partial charge in [0.25, 0.3) is 5.91 Å². The molecule has 1 aromatic carbocycles. The number of hydrogen-bond acceptors (Lipinski definition) is 4. The summed E-state index contributed by atoms with van der Waals surface area (Å²) in [7, 11) is 2.08. The zero-order valence-corrected chi connectivity index (χ0v) is 16.2. The smallest absolute Gasteiger partial charge is 0.369 e. The first-order valence-electron chi connectivity index (χ1n) is 8.73. The fourth-order valence-electron chi connectivity index (χ4n) is 3.00. The van der Waals surface area contributed by atoms with E-state index in [0.29, 0.717) is 18.0 Å². The quantitative estimate of drug-likeness (QED) is 0.772. The molecule has 1 fully saturated rings. The van der Waals surface area contributed by atoms with Crippen molar-refractivity contribution in [1.82, 2.24) is 9.88 Å². The molecule has 1 aliphatic heterocycles. The summed E-state index contributed by atoms with van der Waals surface area (Å²) in [4.78, 5) is 20.5. The summed E-state index contributed by atoms with van der Waals surface area (Å²) >= 11 is 5.84. The Kier molecular flexibility index (Phi) is 5.81. The van der Waals surface area contributed by atoms with Crippen LogP contribution in [0.3, 0.4) is 0 Å². The van der Waals surface area contributed by atoms with Gasteiger partial charge in [-0.3, -0.25) is 4.79 Å². The van der Waals surface area contributed by atoms with Gasteiger partial charge in [0, 0.05) is 43.8 Å². The number of rotatable bonds is 3. The SMILES string of the molecule is Cc1cc(N2CCN(C)CC2)ccc1NC(=O)c1cc(C(F)(F)F)cnc1Cl. The number of benzene rings is 1. The molecule has 28 heavy (non-hydrogen) atoms. The van der Waals surface area contributed by atoms with Crippen molar-refractivity contribution in [2.24, 2.45) is 0 Å². The second-order valence-corrected chi connectivity index (χ2v) is 7.16. The lowest BCUT2D eigenvalue weighted by molar-refractivity contribution is -0.137. The van der Waals surface area contributed by atoms with E-state index in [0.717, 1.165) is 37.4 Å². The summed E-state index contributed by atoms with van der Waals surface area (Å²) < 4.78 is 38.6. The lowest BCUT2D eigenvalue weighted by Crippen LogP contribution is -2.44. The van der Waals surface area contributed by atoms with Gasteiger partial charge >= 0.3 is 6.18 Å². The maximum atomic E-state index is 12.9. The van der Waals surface area contributed by atoms with Crippen LogP contribution in [-0.2, 0) is 6.18 Å². The van der Waals surface area contributed by atoms with E-state index >= 15 is 0 Å². The van der Waals surface area contributed by atoms with Gasteiger partial charge in [-0.1, -0.05) is 11.6 Å². The third kappa shape index (κ3) is 4.56. The molecule has 0 spiro atoms. The normalized spacial score (nSPS) is 15.6. The first-order valence-corrected chi connectivity index (χ1v) is 9.11. The van der Waals surface area contributed by atoms with Crippen molar-refractivity contribution in [1.29, 1.82) is 0 Å². The number of likely N-dealkylation sites (N-methyl/N-ethyl adjacent to an activating group) is 1. The Hall–Kier alpha value is -2.32. The summed E-state index contributed by atoms with van der Waals surface area (Å²) in [6.07, 6.45) is -4.00. The minimum absolute atomic E-state index is 0.280. The van der Waals surface area contributed by atoms with Crippen LogP contribution in [0.2, 0.25) is 5.15 Å². The van der Waals surface area contributed by atoms with E-state index in [1.165, 1.54) is 0 Å². The van der Waals surface area contributed by atoms with Gasteiger partial charge in [0.05, 0.1) is 11.1 Å². The maximum Gasteiger partial charge on any atom is 0.417 e. The summed E-state index contributed by atoms with van der Waals surface area (Å²) in [6, 6.07) is 6.29. The number of nitrogens with zero attached hydrogens (tertiary/aromatic N) is 3. The molecule has 0 unspecified atom stereocenters. The second kappa shape index (κ2) is 7.97. The van der Waals surface area contributed by atoms with Crippen molar-refractivity contribution in [2.75, 3.05) is 43.4 Å². The van der Waals surface area contributed by atoms with Gasteiger partial charge < -0.3 is 15.1 Å². The van der Waals surface area contributed by atoms with Crippen molar-refractivity contribution in [3.05, 3.63) is 52.3 Å². The van der Waals surface area contributed by atoms with Crippen LogP contribution in [0.1, 0.15) is 21.5 Å². The van der Waals surface area contributed by atoms with E-state index in [2.05, 4.69) is 27.1 Å². The van der Waals surface area contributed by atoms with Gasteiger partial charge in [-0.15, -0.1) is 0 Å². The molecule has 0 bridgehead atoms. The Morgan fingerprint density at radius 2 is 1.86 bits per heavy atom. The van der Waals surface area contributed by atoms with E-state index in [-0.39, 0.29) is 10.7 Å². The average molecular weight is 413 g/mol. The third-order valence-electron chi connectivity index (χ3n) is 4.74. The molecule has 1 aromatic heterocycles. The highest BCUT2D eigenvalue weighted by Gasteiger charge is 2.32. The van der Waals surface area contributed by atoms with Crippen molar-refractivity contribution < 1.29 is 18.0 Å². The fraction of sp³-hybridized carbons (Fsp3) is 0.368. The first kappa shape index (κ1) is 20.4. The topological polar surface area (TPSA) is 48.5 Å². The van der Waals surface area contributed by atoms with Gasteiger partial charge in [0.1, 0.15) is 5.15 Å². The van der Waals surface area contributed by atoms with Crippen LogP contribution in [-0.4, -0.2) is 49.0 Å². The number of hydrogen-bond donors (Lipinski definition) is 1. The number of amides is 1. The van der Waals surface area contributed by atoms with E-state index in [1.807, 2.05) is 19.1 Å². The molecule has 1 amide bonds. The van der Waals surface area contributed by atoms with Crippen molar-refractivity contribution in [3.63, 3.8) is 0 Å².